The van der Waals surface area contributed by atoms with Crippen molar-refractivity contribution >= 4 is 35.9 Å². The molecule has 8 heteroatoms. The van der Waals surface area contributed by atoms with Gasteiger partial charge in [-0.25, -0.2) is 0 Å². The van der Waals surface area contributed by atoms with Crippen LogP contribution in [0.1, 0.15) is 25.3 Å². The van der Waals surface area contributed by atoms with Gasteiger partial charge in [-0.15, -0.1) is 24.0 Å². The Labute approximate surface area is 178 Å². The number of benzene rings is 1. The first-order valence-electron chi connectivity index (χ1n) is 8.96. The van der Waals surface area contributed by atoms with Gasteiger partial charge in [0.25, 0.3) is 0 Å². The molecule has 0 amide bonds. The van der Waals surface area contributed by atoms with Gasteiger partial charge in [-0.3, -0.25) is 9.79 Å². The van der Waals surface area contributed by atoms with Crippen LogP contribution >= 0.6 is 24.0 Å². The second-order valence-electron chi connectivity index (χ2n) is 6.10. The van der Waals surface area contributed by atoms with Gasteiger partial charge in [-0.05, 0) is 37.5 Å². The SMILES string of the molecule is CCOc1cc(CNC(=NC)N2CCC(C(=O)OC)CC2)ccc1OC.I. The Morgan fingerprint density at radius 3 is 2.52 bits per heavy atom. The summed E-state index contributed by atoms with van der Waals surface area (Å²) in [5.74, 6) is 2.18. The maximum Gasteiger partial charge on any atom is 0.308 e. The molecular weight excluding hydrogens is 461 g/mol. The average molecular weight is 491 g/mol. The highest BCUT2D eigenvalue weighted by molar-refractivity contribution is 14.0. The van der Waals surface area contributed by atoms with Crippen molar-refractivity contribution in [2.75, 3.05) is 41.0 Å². The summed E-state index contributed by atoms with van der Waals surface area (Å²) in [5, 5.41) is 3.38. The molecule has 0 aromatic heterocycles. The Hall–Kier alpha value is -1.71. The van der Waals surface area contributed by atoms with Crippen LogP contribution in [0.4, 0.5) is 0 Å². The number of esters is 1. The third-order valence-electron chi connectivity index (χ3n) is 4.52. The first kappa shape index (κ1) is 23.3. The lowest BCUT2D eigenvalue weighted by molar-refractivity contribution is -0.146. The van der Waals surface area contributed by atoms with E-state index in [-0.39, 0.29) is 35.9 Å². The van der Waals surface area contributed by atoms with Crippen molar-refractivity contribution in [1.82, 2.24) is 10.2 Å². The Morgan fingerprint density at radius 2 is 1.96 bits per heavy atom. The third kappa shape index (κ3) is 6.44. The number of ether oxygens (including phenoxy) is 3. The maximum absolute atomic E-state index is 11.7. The Morgan fingerprint density at radius 1 is 1.26 bits per heavy atom. The van der Waals surface area contributed by atoms with Gasteiger partial charge in [0.15, 0.2) is 17.5 Å². The molecule has 0 aliphatic carbocycles. The van der Waals surface area contributed by atoms with Crippen molar-refractivity contribution in [2.24, 2.45) is 10.9 Å². The monoisotopic (exact) mass is 491 g/mol. The first-order valence-corrected chi connectivity index (χ1v) is 8.96. The number of hydrogen-bond acceptors (Lipinski definition) is 5. The van der Waals surface area contributed by atoms with Crippen LogP contribution in [0.15, 0.2) is 23.2 Å². The fourth-order valence-corrected chi connectivity index (χ4v) is 3.11. The second kappa shape index (κ2) is 11.9. The van der Waals surface area contributed by atoms with Crippen molar-refractivity contribution in [2.45, 2.75) is 26.3 Å². The zero-order valence-corrected chi connectivity index (χ0v) is 18.8. The minimum Gasteiger partial charge on any atom is -0.493 e. The third-order valence-corrected chi connectivity index (χ3v) is 4.52. The van der Waals surface area contributed by atoms with Crippen LogP contribution in [0.2, 0.25) is 0 Å². The van der Waals surface area contributed by atoms with Gasteiger partial charge in [-0.1, -0.05) is 6.07 Å². The molecular formula is C19H30IN3O4. The van der Waals surface area contributed by atoms with Crippen LogP contribution in [0.25, 0.3) is 0 Å². The van der Waals surface area contributed by atoms with E-state index in [1.54, 1.807) is 14.2 Å². The van der Waals surface area contributed by atoms with Gasteiger partial charge in [0, 0.05) is 26.7 Å². The van der Waals surface area contributed by atoms with E-state index >= 15 is 0 Å². The average Bonchev–Trinajstić information content (AvgIpc) is 2.69. The molecule has 1 aliphatic rings. The molecule has 0 atom stereocenters. The molecule has 0 spiro atoms. The van der Waals surface area contributed by atoms with E-state index in [1.165, 1.54) is 7.11 Å². The molecule has 2 rings (SSSR count). The Kier molecular flexibility index (Phi) is 10.3. The largest absolute Gasteiger partial charge is 0.493 e. The molecule has 152 valence electrons. The highest BCUT2D eigenvalue weighted by Gasteiger charge is 2.26. The van der Waals surface area contributed by atoms with E-state index in [0.717, 1.165) is 49.0 Å². The number of nitrogens with one attached hydrogen (secondary N) is 1. The second-order valence-corrected chi connectivity index (χ2v) is 6.10. The summed E-state index contributed by atoms with van der Waals surface area (Å²) < 4.78 is 15.8. The molecule has 1 aromatic rings. The van der Waals surface area contributed by atoms with Crippen LogP contribution in [0, 0.1) is 5.92 Å². The Bertz CT molecular complexity index is 631. The number of halogens is 1. The molecule has 0 saturated carbocycles. The van der Waals surface area contributed by atoms with Gasteiger partial charge < -0.3 is 24.4 Å². The van der Waals surface area contributed by atoms with Crippen LogP contribution in [0.5, 0.6) is 11.5 Å². The molecule has 1 heterocycles. The van der Waals surface area contributed by atoms with Crippen LogP contribution in [-0.2, 0) is 16.1 Å². The van der Waals surface area contributed by atoms with Crippen LogP contribution < -0.4 is 14.8 Å². The summed E-state index contributed by atoms with van der Waals surface area (Å²) in [6.07, 6.45) is 1.56. The lowest BCUT2D eigenvalue weighted by Gasteiger charge is -2.33. The molecule has 0 radical (unpaired) electrons. The minimum atomic E-state index is -0.116. The van der Waals surface area contributed by atoms with E-state index < -0.39 is 0 Å². The molecule has 1 fully saturated rings. The van der Waals surface area contributed by atoms with E-state index in [9.17, 15) is 4.79 Å². The highest BCUT2D eigenvalue weighted by atomic mass is 127. The predicted molar refractivity (Wildman–Crippen MR) is 116 cm³/mol. The summed E-state index contributed by atoms with van der Waals surface area (Å²) in [7, 11) is 4.85. The quantitative estimate of drug-likeness (QED) is 0.286. The lowest BCUT2D eigenvalue weighted by atomic mass is 9.97. The zero-order valence-electron chi connectivity index (χ0n) is 16.5. The van der Waals surface area contributed by atoms with Gasteiger partial charge >= 0.3 is 5.97 Å². The van der Waals surface area contributed by atoms with Crippen LogP contribution in [-0.4, -0.2) is 57.8 Å². The predicted octanol–water partition coefficient (Wildman–Crippen LogP) is 2.67. The van der Waals surface area contributed by atoms with E-state index in [1.807, 2.05) is 25.1 Å². The minimum absolute atomic E-state index is 0. The lowest BCUT2D eigenvalue weighted by Crippen LogP contribution is -2.46. The number of carbonyl (C=O) groups excluding carboxylic acids is 1. The number of nitrogens with zero attached hydrogens (tertiary/aromatic N) is 2. The van der Waals surface area contributed by atoms with Gasteiger partial charge in [0.2, 0.25) is 0 Å². The maximum atomic E-state index is 11.7. The number of guanidine groups is 1. The zero-order chi connectivity index (χ0) is 18.9. The number of aliphatic imine (C=N–C) groups is 1. The smallest absolute Gasteiger partial charge is 0.308 e. The molecule has 1 N–H and O–H groups in total. The summed E-state index contributed by atoms with van der Waals surface area (Å²) in [6, 6.07) is 5.89. The van der Waals surface area contributed by atoms with Crippen molar-refractivity contribution in [3.05, 3.63) is 23.8 Å². The summed E-state index contributed by atoms with van der Waals surface area (Å²) in [5.41, 5.74) is 1.08. The highest BCUT2D eigenvalue weighted by Crippen LogP contribution is 2.28. The standard InChI is InChI=1S/C19H29N3O4.HI/c1-5-26-17-12-14(6-7-16(17)24-3)13-21-19(20-2)22-10-8-15(9-11-22)18(23)25-4;/h6-7,12,15H,5,8-11,13H2,1-4H3,(H,20,21);1H. The molecule has 1 saturated heterocycles. The number of likely N-dealkylation sites (tertiary alicyclic amines) is 1. The summed E-state index contributed by atoms with van der Waals surface area (Å²) in [4.78, 5) is 18.2. The van der Waals surface area contributed by atoms with E-state index in [4.69, 9.17) is 14.2 Å². The van der Waals surface area contributed by atoms with Crippen molar-refractivity contribution in [1.29, 1.82) is 0 Å². The van der Waals surface area contributed by atoms with Crippen LogP contribution in [0.3, 0.4) is 0 Å². The molecule has 27 heavy (non-hydrogen) atoms. The fourth-order valence-electron chi connectivity index (χ4n) is 3.11. The number of methoxy groups -OCH3 is 2. The summed E-state index contributed by atoms with van der Waals surface area (Å²) >= 11 is 0. The molecule has 7 nitrogen and oxygen atoms in total. The molecule has 1 aromatic carbocycles. The van der Waals surface area contributed by atoms with E-state index in [0.29, 0.717) is 13.2 Å². The Balaban J connectivity index is 0.00000364. The van der Waals surface area contributed by atoms with Crippen molar-refractivity contribution < 1.29 is 19.0 Å². The fraction of sp³-hybridized carbons (Fsp3) is 0.579. The van der Waals surface area contributed by atoms with Gasteiger partial charge in [0.05, 0.1) is 26.7 Å². The molecule has 0 bridgehead atoms. The normalized spacial score (nSPS) is 15.0. The van der Waals surface area contributed by atoms with Gasteiger partial charge in [0.1, 0.15) is 0 Å². The van der Waals surface area contributed by atoms with Gasteiger partial charge in [-0.2, -0.15) is 0 Å². The van der Waals surface area contributed by atoms with Crippen molar-refractivity contribution in [3.8, 4) is 11.5 Å². The van der Waals surface area contributed by atoms with Crippen molar-refractivity contribution in [3.63, 3.8) is 0 Å². The number of rotatable bonds is 6. The number of hydrogen-bond donors (Lipinski definition) is 1. The number of piperidine rings is 1. The molecule has 1 aliphatic heterocycles. The molecule has 0 unspecified atom stereocenters. The van der Waals surface area contributed by atoms with E-state index in [2.05, 4.69) is 15.2 Å². The number of carbonyl (C=O) groups is 1. The summed E-state index contributed by atoms with van der Waals surface area (Å²) in [6.45, 7) is 4.74. The first-order chi connectivity index (χ1) is 12.6. The topological polar surface area (TPSA) is 72.4 Å².